The van der Waals surface area contributed by atoms with E-state index in [0.29, 0.717) is 21.8 Å². The van der Waals surface area contributed by atoms with Gasteiger partial charge in [-0.15, -0.1) is 11.8 Å². The number of nitrogens with two attached hydrogens (primary N) is 1. The number of anilines is 1. The maximum atomic E-state index is 12.9. The van der Waals surface area contributed by atoms with E-state index in [0.717, 1.165) is 28.0 Å². The Morgan fingerprint density at radius 1 is 1.34 bits per heavy atom. The minimum absolute atomic E-state index is 0.0979. The summed E-state index contributed by atoms with van der Waals surface area (Å²) >= 11 is 3.32. The fourth-order valence-corrected chi connectivity index (χ4v) is 6.49. The molecule has 0 bridgehead atoms. The van der Waals surface area contributed by atoms with Crippen molar-refractivity contribution < 1.29 is 29.1 Å². The highest BCUT2D eigenvalue weighted by molar-refractivity contribution is 8.14. The van der Waals surface area contributed by atoms with Crippen molar-refractivity contribution in [1.82, 2.24) is 15.2 Å². The lowest BCUT2D eigenvalue weighted by Gasteiger charge is -2.49. The molecule has 2 atom stereocenters. The molecule has 11 nitrogen and oxygen atoms in total. The molecule has 1 aromatic heterocycles. The number of thioether (sulfide) groups is 2. The lowest BCUT2D eigenvalue weighted by molar-refractivity contribution is -0.150. The fourth-order valence-electron chi connectivity index (χ4n) is 3.50. The van der Waals surface area contributed by atoms with Crippen LogP contribution >= 0.6 is 34.9 Å². The molecule has 0 aliphatic carbocycles. The number of carbonyl (C=O) groups is 4. The monoisotopic (exact) mass is 533 g/mol. The van der Waals surface area contributed by atoms with Gasteiger partial charge in [0.1, 0.15) is 24.2 Å². The molecule has 35 heavy (non-hydrogen) atoms. The van der Waals surface area contributed by atoms with Gasteiger partial charge in [-0.05, 0) is 5.57 Å². The lowest BCUT2D eigenvalue weighted by Crippen LogP contribution is -2.71. The van der Waals surface area contributed by atoms with E-state index in [1.54, 1.807) is 30.3 Å². The van der Waals surface area contributed by atoms with Gasteiger partial charge in [0.05, 0.1) is 4.88 Å². The first-order chi connectivity index (χ1) is 16.8. The van der Waals surface area contributed by atoms with E-state index in [2.05, 4.69) is 15.5 Å². The Bertz CT molecular complexity index is 1250. The molecular formula is C21H19N5O6S3. The minimum Gasteiger partial charge on any atom is -0.477 e. The summed E-state index contributed by atoms with van der Waals surface area (Å²) in [5.41, 5.74) is 6.35. The molecule has 0 spiro atoms. The third-order valence-electron chi connectivity index (χ3n) is 5.08. The first-order valence-corrected chi connectivity index (χ1v) is 12.9. The Morgan fingerprint density at radius 3 is 2.71 bits per heavy atom. The van der Waals surface area contributed by atoms with E-state index in [-0.39, 0.29) is 27.4 Å². The van der Waals surface area contributed by atoms with Crippen LogP contribution in [0.15, 0.2) is 53.0 Å². The van der Waals surface area contributed by atoms with Crippen LogP contribution in [-0.2, 0) is 19.2 Å². The molecule has 2 aliphatic rings. The number of carboxylic acids is 1. The van der Waals surface area contributed by atoms with Crippen molar-refractivity contribution in [2.45, 2.75) is 11.4 Å². The number of rotatable bonds is 8. The number of oxime groups is 1. The highest BCUT2D eigenvalue weighted by atomic mass is 32.2. The highest BCUT2D eigenvalue weighted by Crippen LogP contribution is 2.41. The van der Waals surface area contributed by atoms with Gasteiger partial charge in [0.2, 0.25) is 5.12 Å². The lowest BCUT2D eigenvalue weighted by atomic mass is 10.0. The standard InChI is InChI=1S/C21H19N5O6S3/c1-32-25-13(12-7-23-21(22)35-12)16(27)24-14-17(28)26-15(19(29)30)11(8-33-18(14)26)9-34-20(31)10-5-3-2-4-6-10/h2-7,14,18H,8-9H2,1H3,(H2,22,23)(H,24,27)(H,29,30). The van der Waals surface area contributed by atoms with Gasteiger partial charge in [-0.25, -0.2) is 9.78 Å². The number of hydrogen-bond donors (Lipinski definition) is 3. The molecule has 4 rings (SSSR count). The largest absolute Gasteiger partial charge is 0.477 e. The molecule has 2 aliphatic heterocycles. The van der Waals surface area contributed by atoms with Gasteiger partial charge in [0.25, 0.3) is 11.8 Å². The number of aromatic nitrogens is 1. The first-order valence-electron chi connectivity index (χ1n) is 10.1. The summed E-state index contributed by atoms with van der Waals surface area (Å²) in [4.78, 5) is 60.3. The quantitative estimate of drug-likeness (QED) is 0.256. The van der Waals surface area contributed by atoms with Crippen molar-refractivity contribution in [3.8, 4) is 0 Å². The number of fused-ring (bicyclic) bond motifs is 1. The van der Waals surface area contributed by atoms with Crippen LogP contribution in [0.4, 0.5) is 5.13 Å². The van der Waals surface area contributed by atoms with Crippen LogP contribution in [0.1, 0.15) is 15.2 Å². The van der Waals surface area contributed by atoms with Gasteiger partial charge >= 0.3 is 5.97 Å². The van der Waals surface area contributed by atoms with Crippen LogP contribution in [-0.4, -0.2) is 73.6 Å². The molecule has 4 N–H and O–H groups in total. The first kappa shape index (κ1) is 24.8. The Kier molecular flexibility index (Phi) is 7.42. The van der Waals surface area contributed by atoms with Gasteiger partial charge in [0, 0.05) is 23.3 Å². The van der Waals surface area contributed by atoms with Crippen molar-refractivity contribution in [2.24, 2.45) is 5.16 Å². The molecule has 2 unspecified atom stereocenters. The summed E-state index contributed by atoms with van der Waals surface area (Å²) in [5.74, 6) is -2.08. The molecule has 0 radical (unpaired) electrons. The zero-order valence-electron chi connectivity index (χ0n) is 18.2. The van der Waals surface area contributed by atoms with E-state index in [9.17, 15) is 24.3 Å². The number of aliphatic carboxylic acids is 1. The molecule has 1 fully saturated rings. The molecule has 14 heteroatoms. The molecule has 1 saturated heterocycles. The van der Waals surface area contributed by atoms with Gasteiger partial charge in [-0.1, -0.05) is 58.6 Å². The van der Waals surface area contributed by atoms with E-state index >= 15 is 0 Å². The summed E-state index contributed by atoms with van der Waals surface area (Å²) in [6, 6.07) is 7.71. The number of hydrogen-bond acceptors (Lipinski definition) is 11. The Balaban J connectivity index is 1.47. The number of amides is 2. The summed E-state index contributed by atoms with van der Waals surface area (Å²) < 4.78 is 0. The van der Waals surface area contributed by atoms with Gasteiger partial charge < -0.3 is 21.0 Å². The number of carbonyl (C=O) groups excluding carboxylic acids is 3. The van der Waals surface area contributed by atoms with E-state index in [1.807, 2.05) is 0 Å². The maximum Gasteiger partial charge on any atom is 0.352 e. The Labute approximate surface area is 211 Å². The van der Waals surface area contributed by atoms with Crippen LogP contribution < -0.4 is 11.1 Å². The Hall–Kier alpha value is -3.36. The number of carboxylic acid groups (broad SMARTS) is 1. The van der Waals surface area contributed by atoms with E-state index in [4.69, 9.17) is 10.6 Å². The summed E-state index contributed by atoms with van der Waals surface area (Å²) in [7, 11) is 1.27. The molecule has 182 valence electrons. The molecule has 1 aromatic carbocycles. The zero-order valence-corrected chi connectivity index (χ0v) is 20.6. The smallest absolute Gasteiger partial charge is 0.352 e. The van der Waals surface area contributed by atoms with E-state index < -0.39 is 29.2 Å². The number of benzene rings is 1. The van der Waals surface area contributed by atoms with Crippen LogP contribution in [0.2, 0.25) is 0 Å². The SMILES string of the molecule is CON=C(C(=O)NC1C(=O)N2C(C(=O)O)=C(CSC(=O)c3ccccc3)CSC12)c1cnc(N)s1. The highest BCUT2D eigenvalue weighted by Gasteiger charge is 2.54. The average Bonchev–Trinajstić information content (AvgIpc) is 3.29. The number of thiazole rings is 1. The van der Waals surface area contributed by atoms with Crippen molar-refractivity contribution in [3.63, 3.8) is 0 Å². The van der Waals surface area contributed by atoms with Crippen LogP contribution in [0.5, 0.6) is 0 Å². The number of nitrogens with one attached hydrogen (secondary N) is 1. The number of β-lactam (4-membered cyclic amide) rings is 1. The number of nitrogen functional groups attached to an aromatic ring is 1. The predicted octanol–water partition coefficient (Wildman–Crippen LogP) is 1.39. The van der Waals surface area contributed by atoms with Crippen LogP contribution in [0, 0.1) is 0 Å². The molecular weight excluding hydrogens is 514 g/mol. The summed E-state index contributed by atoms with van der Waals surface area (Å²) in [5, 5.41) is 15.6. The second kappa shape index (κ2) is 10.5. The van der Waals surface area contributed by atoms with Gasteiger partial charge in [0.15, 0.2) is 10.8 Å². The molecule has 2 amide bonds. The van der Waals surface area contributed by atoms with E-state index in [1.165, 1.54) is 25.1 Å². The molecule has 2 aromatic rings. The molecule has 3 heterocycles. The zero-order chi connectivity index (χ0) is 25.1. The number of nitrogens with zero attached hydrogens (tertiary/aromatic N) is 3. The van der Waals surface area contributed by atoms with Gasteiger partial charge in [-0.3, -0.25) is 19.3 Å². The van der Waals surface area contributed by atoms with Crippen molar-refractivity contribution in [3.05, 3.63) is 58.2 Å². The summed E-state index contributed by atoms with van der Waals surface area (Å²) in [6.45, 7) is 0. The third kappa shape index (κ3) is 5.04. The van der Waals surface area contributed by atoms with Crippen molar-refractivity contribution in [1.29, 1.82) is 0 Å². The second-order valence-corrected chi connectivity index (χ2v) is 10.4. The van der Waals surface area contributed by atoms with Crippen LogP contribution in [0.25, 0.3) is 0 Å². The fraction of sp³-hybridized carbons (Fsp3) is 0.238. The second-order valence-electron chi connectivity index (χ2n) is 7.25. The maximum absolute atomic E-state index is 12.9. The topological polar surface area (TPSA) is 164 Å². The van der Waals surface area contributed by atoms with Gasteiger partial charge in [-0.2, -0.15) is 0 Å². The predicted molar refractivity (Wildman–Crippen MR) is 133 cm³/mol. The molecule has 0 saturated carbocycles. The average molecular weight is 534 g/mol. The normalized spacial score (nSPS) is 19.6. The van der Waals surface area contributed by atoms with Crippen LogP contribution in [0.3, 0.4) is 0 Å². The van der Waals surface area contributed by atoms with Crippen molar-refractivity contribution in [2.75, 3.05) is 24.3 Å². The van der Waals surface area contributed by atoms with Crippen molar-refractivity contribution >= 4 is 68.6 Å². The Morgan fingerprint density at radius 2 is 2.09 bits per heavy atom. The summed E-state index contributed by atoms with van der Waals surface area (Å²) in [6.07, 6.45) is 1.37. The minimum atomic E-state index is -1.27. The third-order valence-corrected chi connectivity index (χ3v) is 8.24.